The lowest BCUT2D eigenvalue weighted by molar-refractivity contribution is 0.454. The van der Waals surface area contributed by atoms with Gasteiger partial charge in [0.25, 0.3) is 0 Å². The number of hydrogen-bond acceptors (Lipinski definition) is 1. The summed E-state index contributed by atoms with van der Waals surface area (Å²) < 4.78 is 13.6. The third kappa shape index (κ3) is 5.96. The molecule has 1 unspecified atom stereocenters. The van der Waals surface area contributed by atoms with Crippen LogP contribution in [-0.4, -0.2) is 13.1 Å². The third-order valence-corrected chi connectivity index (χ3v) is 3.56. The summed E-state index contributed by atoms with van der Waals surface area (Å²) in [5, 5.41) is 3.47. The zero-order chi connectivity index (χ0) is 13.5. The molecular formula is C15H23BrFN. The van der Waals surface area contributed by atoms with Gasteiger partial charge >= 0.3 is 0 Å². The molecule has 1 aromatic carbocycles. The zero-order valence-corrected chi connectivity index (χ0v) is 13.1. The van der Waals surface area contributed by atoms with Crippen LogP contribution in [-0.2, 0) is 6.42 Å². The van der Waals surface area contributed by atoms with E-state index in [1.807, 2.05) is 12.1 Å². The Kier molecular flexibility index (Phi) is 6.87. The van der Waals surface area contributed by atoms with E-state index < -0.39 is 0 Å². The topological polar surface area (TPSA) is 12.0 Å². The number of aryl methyl sites for hydroxylation is 1. The van der Waals surface area contributed by atoms with Crippen LogP contribution in [0.2, 0.25) is 0 Å². The van der Waals surface area contributed by atoms with Gasteiger partial charge in [-0.3, -0.25) is 0 Å². The molecule has 1 atom stereocenters. The molecule has 0 amide bonds. The molecular weight excluding hydrogens is 293 g/mol. The van der Waals surface area contributed by atoms with Crippen LogP contribution in [0.25, 0.3) is 0 Å². The Morgan fingerprint density at radius 1 is 1.22 bits per heavy atom. The fourth-order valence-corrected chi connectivity index (χ4v) is 2.25. The van der Waals surface area contributed by atoms with Crippen molar-refractivity contribution < 1.29 is 4.39 Å². The number of benzene rings is 1. The lowest BCUT2D eigenvalue weighted by Crippen LogP contribution is -2.25. The molecule has 1 nitrogen and oxygen atoms in total. The summed E-state index contributed by atoms with van der Waals surface area (Å²) >= 11 is 3.22. The number of rotatable bonds is 7. The minimum absolute atomic E-state index is 0.189. The lowest BCUT2D eigenvalue weighted by atomic mass is 10.0. The van der Waals surface area contributed by atoms with Crippen LogP contribution in [0.4, 0.5) is 4.39 Å². The summed E-state index contributed by atoms with van der Waals surface area (Å²) in [4.78, 5) is 0. The van der Waals surface area contributed by atoms with Gasteiger partial charge in [-0.2, -0.15) is 0 Å². The maximum absolute atomic E-state index is 13.1. The predicted octanol–water partition coefficient (Wildman–Crippen LogP) is 4.40. The first-order chi connectivity index (χ1) is 8.49. The Bertz CT molecular complexity index is 366. The van der Waals surface area contributed by atoms with E-state index in [-0.39, 0.29) is 5.82 Å². The maximum Gasteiger partial charge on any atom is 0.137 e. The Hall–Kier alpha value is -0.410. The van der Waals surface area contributed by atoms with Crippen LogP contribution < -0.4 is 5.32 Å². The monoisotopic (exact) mass is 315 g/mol. The second-order valence-corrected chi connectivity index (χ2v) is 6.30. The van der Waals surface area contributed by atoms with Gasteiger partial charge in [0.05, 0.1) is 4.47 Å². The summed E-state index contributed by atoms with van der Waals surface area (Å²) in [5.74, 6) is 1.16. The molecule has 1 aromatic rings. The Morgan fingerprint density at radius 2 is 1.94 bits per heavy atom. The van der Waals surface area contributed by atoms with Gasteiger partial charge in [-0.1, -0.05) is 26.8 Å². The van der Waals surface area contributed by atoms with Crippen molar-refractivity contribution in [3.63, 3.8) is 0 Å². The molecule has 0 saturated heterocycles. The quantitative estimate of drug-likeness (QED) is 0.786. The van der Waals surface area contributed by atoms with Gasteiger partial charge < -0.3 is 5.32 Å². The standard InChI is InChI=1S/C15H23BrFN/c1-11(2)9-18-10-12(3)4-5-13-6-7-15(17)14(16)8-13/h6-8,11-12,18H,4-5,9-10H2,1-3H3. The van der Waals surface area contributed by atoms with Gasteiger partial charge in [0.15, 0.2) is 0 Å². The lowest BCUT2D eigenvalue weighted by Gasteiger charge is -2.14. The summed E-state index contributed by atoms with van der Waals surface area (Å²) in [5.41, 5.74) is 1.19. The van der Waals surface area contributed by atoms with Gasteiger partial charge in [0, 0.05) is 0 Å². The van der Waals surface area contributed by atoms with Gasteiger partial charge in [-0.05, 0) is 71.4 Å². The van der Waals surface area contributed by atoms with E-state index >= 15 is 0 Å². The van der Waals surface area contributed by atoms with Crippen LogP contribution in [0.1, 0.15) is 32.8 Å². The second kappa shape index (κ2) is 7.90. The second-order valence-electron chi connectivity index (χ2n) is 5.44. The van der Waals surface area contributed by atoms with Gasteiger partial charge in [0.2, 0.25) is 0 Å². The Morgan fingerprint density at radius 3 is 2.56 bits per heavy atom. The van der Waals surface area contributed by atoms with Crippen molar-refractivity contribution in [2.24, 2.45) is 11.8 Å². The van der Waals surface area contributed by atoms with Crippen LogP contribution in [0, 0.1) is 17.7 Å². The summed E-state index contributed by atoms with van der Waals surface area (Å²) in [6.07, 6.45) is 2.13. The van der Waals surface area contributed by atoms with E-state index in [2.05, 4.69) is 42.0 Å². The molecule has 18 heavy (non-hydrogen) atoms. The molecule has 0 radical (unpaired) electrons. The average Bonchev–Trinajstić information content (AvgIpc) is 2.30. The normalized spacial score (nSPS) is 13.0. The largest absolute Gasteiger partial charge is 0.316 e. The van der Waals surface area contributed by atoms with Crippen molar-refractivity contribution in [2.75, 3.05) is 13.1 Å². The molecule has 0 fully saturated rings. The smallest absolute Gasteiger partial charge is 0.137 e. The van der Waals surface area contributed by atoms with Gasteiger partial charge in [0.1, 0.15) is 5.82 Å². The van der Waals surface area contributed by atoms with E-state index in [4.69, 9.17) is 0 Å². The highest BCUT2D eigenvalue weighted by Gasteiger charge is 2.05. The Balaban J connectivity index is 2.29. The van der Waals surface area contributed by atoms with Crippen LogP contribution >= 0.6 is 15.9 Å². The molecule has 0 aromatic heterocycles. The third-order valence-electron chi connectivity index (χ3n) is 2.96. The first-order valence-electron chi connectivity index (χ1n) is 6.63. The summed E-state index contributed by atoms with van der Waals surface area (Å²) in [6, 6.07) is 5.28. The van der Waals surface area contributed by atoms with Crippen LogP contribution in [0.15, 0.2) is 22.7 Å². The molecule has 0 aliphatic rings. The number of nitrogens with one attached hydrogen (secondary N) is 1. The molecule has 0 spiro atoms. The first kappa shape index (κ1) is 15.6. The fraction of sp³-hybridized carbons (Fsp3) is 0.600. The van der Waals surface area contributed by atoms with Crippen molar-refractivity contribution in [3.8, 4) is 0 Å². The van der Waals surface area contributed by atoms with Crippen molar-refractivity contribution in [1.29, 1.82) is 0 Å². The molecule has 102 valence electrons. The van der Waals surface area contributed by atoms with Gasteiger partial charge in [-0.25, -0.2) is 4.39 Å². The molecule has 0 bridgehead atoms. The summed E-state index contributed by atoms with van der Waals surface area (Å²) in [6.45, 7) is 8.82. The number of halogens is 2. The van der Waals surface area contributed by atoms with E-state index in [0.717, 1.165) is 25.9 Å². The first-order valence-corrected chi connectivity index (χ1v) is 7.43. The highest BCUT2D eigenvalue weighted by molar-refractivity contribution is 9.10. The van der Waals surface area contributed by atoms with Crippen LogP contribution in [0.3, 0.4) is 0 Å². The molecule has 0 saturated carbocycles. The molecule has 3 heteroatoms. The highest BCUT2D eigenvalue weighted by Crippen LogP contribution is 2.18. The van der Waals surface area contributed by atoms with Crippen molar-refractivity contribution in [3.05, 3.63) is 34.1 Å². The SMILES string of the molecule is CC(C)CNCC(C)CCc1ccc(F)c(Br)c1. The molecule has 0 aliphatic heterocycles. The zero-order valence-electron chi connectivity index (χ0n) is 11.5. The van der Waals surface area contributed by atoms with Crippen LogP contribution in [0.5, 0.6) is 0 Å². The van der Waals surface area contributed by atoms with E-state index in [1.165, 1.54) is 11.6 Å². The molecule has 1 N–H and O–H groups in total. The molecule has 0 aliphatic carbocycles. The predicted molar refractivity (Wildman–Crippen MR) is 79.3 cm³/mol. The van der Waals surface area contributed by atoms with E-state index in [0.29, 0.717) is 16.3 Å². The maximum atomic E-state index is 13.1. The average molecular weight is 316 g/mol. The minimum atomic E-state index is -0.189. The summed E-state index contributed by atoms with van der Waals surface area (Å²) in [7, 11) is 0. The van der Waals surface area contributed by atoms with Gasteiger partial charge in [-0.15, -0.1) is 0 Å². The number of hydrogen-bond donors (Lipinski definition) is 1. The van der Waals surface area contributed by atoms with Crippen molar-refractivity contribution in [2.45, 2.75) is 33.6 Å². The Labute approximate surface area is 118 Å². The fourth-order valence-electron chi connectivity index (χ4n) is 1.83. The minimum Gasteiger partial charge on any atom is -0.316 e. The van der Waals surface area contributed by atoms with E-state index in [1.54, 1.807) is 0 Å². The van der Waals surface area contributed by atoms with E-state index in [9.17, 15) is 4.39 Å². The highest BCUT2D eigenvalue weighted by atomic mass is 79.9. The van der Waals surface area contributed by atoms with Crippen molar-refractivity contribution >= 4 is 15.9 Å². The van der Waals surface area contributed by atoms with Crippen molar-refractivity contribution in [1.82, 2.24) is 5.32 Å². The molecule has 0 heterocycles. The molecule has 1 rings (SSSR count).